The lowest BCUT2D eigenvalue weighted by Gasteiger charge is -2.14. The summed E-state index contributed by atoms with van der Waals surface area (Å²) in [4.78, 5) is 15.3. The van der Waals surface area contributed by atoms with Gasteiger partial charge in [0.05, 0.1) is 6.10 Å². The van der Waals surface area contributed by atoms with Crippen LogP contribution in [0.4, 0.5) is 0 Å². The van der Waals surface area contributed by atoms with Crippen molar-refractivity contribution >= 4 is 16.8 Å². The monoisotopic (exact) mass is 300 g/mol. The Balaban J connectivity index is 1.51. The second kappa shape index (κ2) is 6.53. The molecule has 4 nitrogen and oxygen atoms in total. The van der Waals surface area contributed by atoms with Gasteiger partial charge in [0.15, 0.2) is 0 Å². The van der Waals surface area contributed by atoms with Gasteiger partial charge in [0, 0.05) is 36.0 Å². The Bertz CT molecular complexity index is 662. The Hall–Kier alpha value is -1.81. The molecule has 1 fully saturated rings. The minimum absolute atomic E-state index is 0.0700. The first-order chi connectivity index (χ1) is 10.6. The lowest BCUT2D eigenvalue weighted by Crippen LogP contribution is -2.32. The van der Waals surface area contributed by atoms with Gasteiger partial charge in [-0.15, -0.1) is 0 Å². The van der Waals surface area contributed by atoms with Crippen LogP contribution in [0.5, 0.6) is 0 Å². The Labute approximate surface area is 130 Å². The zero-order valence-electron chi connectivity index (χ0n) is 13.1. The molecule has 3 N–H and O–H groups in total. The number of carbonyl (C=O) groups is 1. The molecule has 0 bridgehead atoms. The van der Waals surface area contributed by atoms with E-state index in [4.69, 9.17) is 0 Å². The molecule has 1 aromatic heterocycles. The normalized spacial score (nSPS) is 21.4. The number of nitrogens with one attached hydrogen (secondary N) is 2. The zero-order valence-corrected chi connectivity index (χ0v) is 13.1. The largest absolute Gasteiger partial charge is 0.393 e. The number of aromatic amines is 1. The fourth-order valence-corrected chi connectivity index (χ4v) is 3.34. The van der Waals surface area contributed by atoms with Crippen molar-refractivity contribution in [2.45, 2.75) is 45.1 Å². The van der Waals surface area contributed by atoms with Crippen molar-refractivity contribution in [2.24, 2.45) is 5.92 Å². The summed E-state index contributed by atoms with van der Waals surface area (Å²) in [7, 11) is 0. The van der Waals surface area contributed by atoms with E-state index in [1.807, 2.05) is 6.20 Å². The molecule has 1 aliphatic rings. The zero-order chi connectivity index (χ0) is 15.5. The maximum absolute atomic E-state index is 12.0. The van der Waals surface area contributed by atoms with Crippen LogP contribution in [0, 0.1) is 12.8 Å². The molecule has 1 amide bonds. The maximum atomic E-state index is 12.0. The van der Waals surface area contributed by atoms with Gasteiger partial charge in [0.25, 0.3) is 0 Å². The number of aromatic nitrogens is 1. The summed E-state index contributed by atoms with van der Waals surface area (Å²) >= 11 is 0. The SMILES string of the molecule is Cc1ccc2c(CCC(=O)NC[C@H]3CCC[C@@H]3O)c[nH]c2c1. The summed E-state index contributed by atoms with van der Waals surface area (Å²) in [6, 6.07) is 6.34. The van der Waals surface area contributed by atoms with Gasteiger partial charge in [0.2, 0.25) is 5.91 Å². The van der Waals surface area contributed by atoms with Crippen molar-refractivity contribution in [2.75, 3.05) is 6.54 Å². The van der Waals surface area contributed by atoms with Gasteiger partial charge in [-0.25, -0.2) is 0 Å². The Morgan fingerprint density at radius 1 is 1.41 bits per heavy atom. The van der Waals surface area contributed by atoms with E-state index in [1.54, 1.807) is 0 Å². The van der Waals surface area contributed by atoms with Gasteiger partial charge < -0.3 is 15.4 Å². The molecule has 0 spiro atoms. The molecule has 22 heavy (non-hydrogen) atoms. The predicted octanol–water partition coefficient (Wildman–Crippen LogP) is 2.69. The highest BCUT2D eigenvalue weighted by molar-refractivity contribution is 5.84. The summed E-state index contributed by atoms with van der Waals surface area (Å²) in [5.41, 5.74) is 3.55. The first-order valence-electron chi connectivity index (χ1n) is 8.15. The van der Waals surface area contributed by atoms with Crippen molar-refractivity contribution in [1.29, 1.82) is 0 Å². The molecule has 118 valence electrons. The van der Waals surface area contributed by atoms with Crippen molar-refractivity contribution in [3.63, 3.8) is 0 Å². The van der Waals surface area contributed by atoms with Crippen LogP contribution in [-0.2, 0) is 11.2 Å². The predicted molar refractivity (Wildman–Crippen MR) is 87.7 cm³/mol. The van der Waals surface area contributed by atoms with Crippen LogP contribution in [0.25, 0.3) is 10.9 Å². The minimum Gasteiger partial charge on any atom is -0.393 e. The second-order valence-electron chi connectivity index (χ2n) is 6.43. The van der Waals surface area contributed by atoms with E-state index in [-0.39, 0.29) is 17.9 Å². The molecule has 1 saturated carbocycles. The standard InChI is InChI=1S/C18H24N2O2/c1-12-5-7-15-13(10-19-16(15)9-12)6-8-18(22)20-11-14-3-2-4-17(14)21/h5,7,9-10,14,17,19,21H,2-4,6,8,11H2,1H3,(H,20,22)/t14-,17+/m1/s1. The van der Waals surface area contributed by atoms with Crippen LogP contribution in [0.3, 0.4) is 0 Å². The number of amides is 1. The number of aliphatic hydroxyl groups is 1. The van der Waals surface area contributed by atoms with Crippen LogP contribution in [0.1, 0.15) is 36.8 Å². The van der Waals surface area contributed by atoms with E-state index in [2.05, 4.69) is 35.4 Å². The highest BCUT2D eigenvalue weighted by Crippen LogP contribution is 2.24. The molecule has 3 rings (SSSR count). The molecule has 1 heterocycles. The molecule has 1 aromatic carbocycles. The first kappa shape index (κ1) is 15.1. The number of hydrogen-bond donors (Lipinski definition) is 3. The molecule has 0 radical (unpaired) electrons. The minimum atomic E-state index is -0.239. The number of carbonyl (C=O) groups excluding carboxylic acids is 1. The summed E-state index contributed by atoms with van der Waals surface area (Å²) in [6.07, 6.45) is 5.94. The second-order valence-corrected chi connectivity index (χ2v) is 6.43. The lowest BCUT2D eigenvalue weighted by atomic mass is 10.1. The number of fused-ring (bicyclic) bond motifs is 1. The molecule has 0 unspecified atom stereocenters. The quantitative estimate of drug-likeness (QED) is 0.795. The smallest absolute Gasteiger partial charge is 0.220 e. The third-order valence-corrected chi connectivity index (χ3v) is 4.72. The third-order valence-electron chi connectivity index (χ3n) is 4.72. The molecule has 0 saturated heterocycles. The van der Waals surface area contributed by atoms with E-state index in [9.17, 15) is 9.90 Å². The van der Waals surface area contributed by atoms with Crippen LogP contribution in [0.15, 0.2) is 24.4 Å². The molecule has 1 aliphatic carbocycles. The van der Waals surface area contributed by atoms with Crippen LogP contribution in [0.2, 0.25) is 0 Å². The molecule has 2 aromatic rings. The van der Waals surface area contributed by atoms with Crippen molar-refractivity contribution in [1.82, 2.24) is 10.3 Å². The molecule has 2 atom stereocenters. The Kier molecular flexibility index (Phi) is 4.48. The summed E-state index contributed by atoms with van der Waals surface area (Å²) in [6.45, 7) is 2.68. The number of benzene rings is 1. The van der Waals surface area contributed by atoms with Crippen molar-refractivity contribution in [3.05, 3.63) is 35.5 Å². The molecule has 0 aliphatic heterocycles. The fourth-order valence-electron chi connectivity index (χ4n) is 3.34. The number of hydrogen-bond acceptors (Lipinski definition) is 2. The Morgan fingerprint density at radius 2 is 2.27 bits per heavy atom. The Morgan fingerprint density at radius 3 is 3.05 bits per heavy atom. The average Bonchev–Trinajstić information content (AvgIpc) is 3.08. The van der Waals surface area contributed by atoms with Gasteiger partial charge in [-0.05, 0) is 43.4 Å². The van der Waals surface area contributed by atoms with Gasteiger partial charge in [-0.3, -0.25) is 4.79 Å². The van der Waals surface area contributed by atoms with E-state index in [0.29, 0.717) is 13.0 Å². The van der Waals surface area contributed by atoms with E-state index >= 15 is 0 Å². The maximum Gasteiger partial charge on any atom is 0.220 e. The summed E-state index contributed by atoms with van der Waals surface area (Å²) < 4.78 is 0. The number of aliphatic hydroxyl groups excluding tert-OH is 1. The van der Waals surface area contributed by atoms with Crippen LogP contribution in [-0.4, -0.2) is 28.6 Å². The van der Waals surface area contributed by atoms with Gasteiger partial charge >= 0.3 is 0 Å². The van der Waals surface area contributed by atoms with Crippen molar-refractivity contribution < 1.29 is 9.90 Å². The summed E-state index contributed by atoms with van der Waals surface area (Å²) in [5.74, 6) is 0.306. The van der Waals surface area contributed by atoms with E-state index in [0.717, 1.165) is 31.2 Å². The highest BCUT2D eigenvalue weighted by Gasteiger charge is 2.25. The van der Waals surface area contributed by atoms with Crippen molar-refractivity contribution in [3.8, 4) is 0 Å². The number of aryl methyl sites for hydroxylation is 2. The van der Waals surface area contributed by atoms with Gasteiger partial charge in [0.1, 0.15) is 0 Å². The van der Waals surface area contributed by atoms with Crippen LogP contribution >= 0.6 is 0 Å². The molecular formula is C18H24N2O2. The van der Waals surface area contributed by atoms with E-state index < -0.39 is 0 Å². The van der Waals surface area contributed by atoms with E-state index in [1.165, 1.54) is 16.5 Å². The first-order valence-corrected chi connectivity index (χ1v) is 8.15. The van der Waals surface area contributed by atoms with Gasteiger partial charge in [-0.1, -0.05) is 18.6 Å². The highest BCUT2D eigenvalue weighted by atomic mass is 16.3. The summed E-state index contributed by atoms with van der Waals surface area (Å²) in [5, 5.41) is 13.9. The number of H-pyrrole nitrogens is 1. The van der Waals surface area contributed by atoms with Crippen LogP contribution < -0.4 is 5.32 Å². The number of rotatable bonds is 5. The average molecular weight is 300 g/mol. The fraction of sp³-hybridized carbons (Fsp3) is 0.500. The molecular weight excluding hydrogens is 276 g/mol. The topological polar surface area (TPSA) is 65.1 Å². The third kappa shape index (κ3) is 3.33. The van der Waals surface area contributed by atoms with Gasteiger partial charge in [-0.2, -0.15) is 0 Å². The lowest BCUT2D eigenvalue weighted by molar-refractivity contribution is -0.121. The molecule has 4 heteroatoms.